The Morgan fingerprint density at radius 1 is 1.50 bits per heavy atom. The molecule has 8 heavy (non-hydrogen) atoms. The molecule has 0 aliphatic rings. The summed E-state index contributed by atoms with van der Waals surface area (Å²) in [6.45, 7) is 0. The number of carboxylic acid groups (broad SMARTS) is 1. The van der Waals surface area contributed by atoms with Crippen LogP contribution in [0.15, 0.2) is 0 Å². The molecule has 0 aromatic rings. The van der Waals surface area contributed by atoms with Gasteiger partial charge in [0.15, 0.2) is 0 Å². The molecule has 7 heteroatoms. The lowest BCUT2D eigenvalue weighted by molar-refractivity contribution is 0.141. The summed E-state index contributed by atoms with van der Waals surface area (Å²) in [6.07, 6.45) is -2.06. The Balaban J connectivity index is 3.95. The highest BCUT2D eigenvalue weighted by Crippen LogP contribution is 1.83. The van der Waals surface area contributed by atoms with Crippen LogP contribution in [0.5, 0.6) is 0 Å². The Hall–Kier alpha value is -0.820. The monoisotopic (exact) mass is 142 g/mol. The quantitative estimate of drug-likeness (QED) is 0.478. The summed E-state index contributed by atoms with van der Waals surface area (Å²) in [7, 11) is -4.82. The van der Waals surface area contributed by atoms with Crippen LogP contribution in [0.2, 0.25) is 0 Å². The first-order valence-corrected chi connectivity index (χ1v) is 2.68. The van der Waals surface area contributed by atoms with Crippen molar-refractivity contribution < 1.29 is 27.1 Å². The average Bonchev–Trinajstić information content (AvgIpc) is 1.21. The largest absolute Gasteiger partial charge is 0.523 e. The molecule has 0 saturated heterocycles. The Bertz CT molecular complexity index is 175. The second-order valence-electron chi connectivity index (χ2n) is 0.777. The van der Waals surface area contributed by atoms with Gasteiger partial charge in [0.25, 0.3) is 0 Å². The molecule has 0 aliphatic carbocycles. The van der Waals surface area contributed by atoms with Gasteiger partial charge < -0.3 is 5.11 Å². The molecular formula is CH2O6S. The first-order chi connectivity index (χ1) is 3.42. The first kappa shape index (κ1) is 7.18. The van der Waals surface area contributed by atoms with Crippen LogP contribution < -0.4 is 0 Å². The molecule has 48 valence electrons. The molecule has 0 aliphatic heterocycles. The summed E-state index contributed by atoms with van der Waals surface area (Å²) in [5, 5.41) is 7.49. The highest BCUT2D eigenvalue weighted by Gasteiger charge is 2.09. The van der Waals surface area contributed by atoms with E-state index >= 15 is 0 Å². The molecule has 0 atom stereocenters. The highest BCUT2D eigenvalue weighted by molar-refractivity contribution is 7.81. The molecule has 2 N–H and O–H groups in total. The van der Waals surface area contributed by atoms with Crippen molar-refractivity contribution in [3.63, 3.8) is 0 Å². The fraction of sp³-hybridized carbons (Fsp3) is 0. The molecule has 0 unspecified atom stereocenters. The maximum atomic E-state index is 9.39. The summed E-state index contributed by atoms with van der Waals surface area (Å²) in [5.74, 6) is 0. The van der Waals surface area contributed by atoms with E-state index in [0.717, 1.165) is 0 Å². The van der Waals surface area contributed by atoms with Crippen LogP contribution in [0, 0.1) is 0 Å². The molecule has 0 heterocycles. The maximum Gasteiger partial charge on any atom is 0.523 e. The maximum absolute atomic E-state index is 9.39. The lowest BCUT2D eigenvalue weighted by Gasteiger charge is -1.88. The smallest absolute Gasteiger partial charge is 0.449 e. The summed E-state index contributed by atoms with van der Waals surface area (Å²) in [4.78, 5) is 9.25. The minimum atomic E-state index is -4.82. The van der Waals surface area contributed by atoms with E-state index < -0.39 is 16.6 Å². The molecule has 0 fully saturated rings. The van der Waals surface area contributed by atoms with E-state index in [1.165, 1.54) is 0 Å². The zero-order valence-corrected chi connectivity index (χ0v) is 4.25. The van der Waals surface area contributed by atoms with E-state index in [0.29, 0.717) is 0 Å². The zero-order chi connectivity index (χ0) is 6.78. The van der Waals surface area contributed by atoms with Crippen LogP contribution in [0.3, 0.4) is 0 Å². The molecule has 0 rings (SSSR count). The fourth-order valence-corrected chi connectivity index (χ4v) is 0.270. The van der Waals surface area contributed by atoms with Gasteiger partial charge in [0.05, 0.1) is 0 Å². The summed E-state index contributed by atoms with van der Waals surface area (Å²) >= 11 is 0. The van der Waals surface area contributed by atoms with Crippen molar-refractivity contribution in [1.29, 1.82) is 0 Å². The van der Waals surface area contributed by atoms with E-state index in [9.17, 15) is 13.2 Å². The van der Waals surface area contributed by atoms with Crippen molar-refractivity contribution in [3.8, 4) is 0 Å². The molecule has 0 aromatic carbocycles. The lowest BCUT2D eigenvalue weighted by atomic mass is 11.5. The first-order valence-electron chi connectivity index (χ1n) is 1.31. The lowest BCUT2D eigenvalue weighted by Crippen LogP contribution is -2.08. The summed E-state index contributed by atoms with van der Waals surface area (Å²) < 4.78 is 29.2. The molecule has 0 bridgehead atoms. The highest BCUT2D eigenvalue weighted by atomic mass is 32.3. The van der Waals surface area contributed by atoms with E-state index in [2.05, 4.69) is 4.18 Å². The minimum Gasteiger partial charge on any atom is -0.449 e. The van der Waals surface area contributed by atoms with Crippen molar-refractivity contribution >= 4 is 16.6 Å². The van der Waals surface area contributed by atoms with Crippen LogP contribution in [0.25, 0.3) is 0 Å². The van der Waals surface area contributed by atoms with Crippen LogP contribution in [0.4, 0.5) is 4.79 Å². The van der Waals surface area contributed by atoms with Gasteiger partial charge in [-0.1, -0.05) is 0 Å². The number of hydrogen-bond donors (Lipinski definition) is 2. The minimum absolute atomic E-state index is 2.06. The number of carbonyl (C=O) groups is 1. The number of hydrogen-bond acceptors (Lipinski definition) is 4. The fourth-order valence-electron chi connectivity index (χ4n) is 0.0901. The predicted molar refractivity (Wildman–Crippen MR) is 20.7 cm³/mol. The molecule has 0 saturated carbocycles. The van der Waals surface area contributed by atoms with Gasteiger partial charge in [0.2, 0.25) is 0 Å². The molecule has 0 radical (unpaired) electrons. The summed E-state index contributed by atoms with van der Waals surface area (Å²) in [6, 6.07) is 0. The van der Waals surface area contributed by atoms with Crippen molar-refractivity contribution in [2.75, 3.05) is 0 Å². The van der Waals surface area contributed by atoms with Gasteiger partial charge in [0, 0.05) is 0 Å². The second kappa shape index (κ2) is 1.97. The zero-order valence-electron chi connectivity index (χ0n) is 3.44. The molecule has 0 amide bonds. The normalized spacial score (nSPS) is 10.6. The van der Waals surface area contributed by atoms with E-state index in [1.54, 1.807) is 0 Å². The third kappa shape index (κ3) is 5.18. The molecule has 6 nitrogen and oxygen atoms in total. The van der Waals surface area contributed by atoms with Gasteiger partial charge in [-0.15, -0.1) is 0 Å². The molecule has 0 spiro atoms. The van der Waals surface area contributed by atoms with Crippen molar-refractivity contribution in [1.82, 2.24) is 0 Å². The van der Waals surface area contributed by atoms with Crippen LogP contribution in [-0.4, -0.2) is 24.2 Å². The SMILES string of the molecule is O=C(O)OS(=O)(=O)O. The molecule has 0 aromatic heterocycles. The van der Waals surface area contributed by atoms with Crippen LogP contribution in [0.1, 0.15) is 0 Å². The Labute approximate surface area is 44.6 Å². The van der Waals surface area contributed by atoms with Gasteiger partial charge >= 0.3 is 16.6 Å². The van der Waals surface area contributed by atoms with Gasteiger partial charge in [-0.05, 0) is 0 Å². The number of rotatable bonds is 1. The average molecular weight is 142 g/mol. The van der Waals surface area contributed by atoms with Gasteiger partial charge in [0.1, 0.15) is 0 Å². The van der Waals surface area contributed by atoms with E-state index in [-0.39, 0.29) is 0 Å². The van der Waals surface area contributed by atoms with Crippen molar-refractivity contribution in [2.45, 2.75) is 0 Å². The van der Waals surface area contributed by atoms with Gasteiger partial charge in [-0.25, -0.2) is 4.79 Å². The van der Waals surface area contributed by atoms with E-state index in [1.807, 2.05) is 0 Å². The van der Waals surface area contributed by atoms with E-state index in [4.69, 9.17) is 9.66 Å². The van der Waals surface area contributed by atoms with Gasteiger partial charge in [-0.3, -0.25) is 8.74 Å². The van der Waals surface area contributed by atoms with Gasteiger partial charge in [-0.2, -0.15) is 8.42 Å². The Morgan fingerprint density at radius 3 is 1.88 bits per heavy atom. The van der Waals surface area contributed by atoms with Crippen molar-refractivity contribution in [3.05, 3.63) is 0 Å². The Kier molecular flexibility index (Phi) is 1.77. The van der Waals surface area contributed by atoms with Crippen LogP contribution >= 0.6 is 0 Å². The predicted octanol–water partition coefficient (Wildman–Crippen LogP) is -0.516. The third-order valence-electron chi connectivity index (χ3n) is 0.177. The standard InChI is InChI=1S/CH2O6S/c2-1(3)7-8(4,5)6/h(H,2,3)(H,4,5,6). The summed E-state index contributed by atoms with van der Waals surface area (Å²) in [5.41, 5.74) is 0. The second-order valence-corrected chi connectivity index (χ2v) is 1.80. The third-order valence-corrected chi connectivity index (χ3v) is 0.530. The van der Waals surface area contributed by atoms with Crippen molar-refractivity contribution in [2.24, 2.45) is 0 Å². The molecular weight excluding hydrogens is 140 g/mol. The topological polar surface area (TPSA) is 101 Å². The Morgan fingerprint density at radius 2 is 1.88 bits per heavy atom. The van der Waals surface area contributed by atoms with Crippen LogP contribution in [-0.2, 0) is 14.6 Å².